The number of carboxylic acid groups (broad SMARTS) is 1. The zero-order valence-corrected chi connectivity index (χ0v) is 16.6. The van der Waals surface area contributed by atoms with Crippen LogP contribution in [-0.2, 0) is 6.54 Å². The van der Waals surface area contributed by atoms with E-state index in [-0.39, 0.29) is 39.5 Å². The van der Waals surface area contributed by atoms with Gasteiger partial charge < -0.3 is 10.4 Å². The van der Waals surface area contributed by atoms with Crippen molar-refractivity contribution in [1.29, 1.82) is 0 Å². The van der Waals surface area contributed by atoms with Crippen molar-refractivity contribution in [2.24, 2.45) is 0 Å². The predicted octanol–water partition coefficient (Wildman–Crippen LogP) is 3.48. The average molecular weight is 436 g/mol. The number of nitrogens with zero attached hydrogens (tertiary/aromatic N) is 2. The third kappa shape index (κ3) is 3.88. The molecule has 1 aromatic heterocycles. The molecule has 0 unspecified atom stereocenters. The molecular formula is C22H14ClN3O5. The molecule has 0 bridgehead atoms. The number of pyridine rings is 1. The SMILES string of the molecule is O=C(Nc1cc(Cl)ccc1C(=O)O)c1ccc2c(c1)C(=O)N(Cc1cccnc1)C2=O. The number of anilines is 1. The highest BCUT2D eigenvalue weighted by Crippen LogP contribution is 2.27. The fraction of sp³-hybridized carbons (Fsp3) is 0.0455. The van der Waals surface area contributed by atoms with E-state index in [1.165, 1.54) is 36.4 Å². The molecular weight excluding hydrogens is 422 g/mol. The number of carbonyl (C=O) groups is 4. The third-order valence-corrected chi connectivity index (χ3v) is 4.99. The van der Waals surface area contributed by atoms with Gasteiger partial charge in [0.05, 0.1) is 28.9 Å². The number of hydrogen-bond acceptors (Lipinski definition) is 5. The maximum atomic E-state index is 12.8. The van der Waals surface area contributed by atoms with E-state index in [2.05, 4.69) is 10.3 Å². The number of carboxylic acids is 1. The monoisotopic (exact) mass is 435 g/mol. The number of hydrogen-bond donors (Lipinski definition) is 2. The van der Waals surface area contributed by atoms with E-state index in [1.807, 2.05) is 0 Å². The van der Waals surface area contributed by atoms with Gasteiger partial charge in [0.25, 0.3) is 17.7 Å². The van der Waals surface area contributed by atoms with Crippen LogP contribution in [0.2, 0.25) is 5.02 Å². The second-order valence-electron chi connectivity index (χ2n) is 6.77. The predicted molar refractivity (Wildman–Crippen MR) is 111 cm³/mol. The molecule has 8 nitrogen and oxygen atoms in total. The lowest BCUT2D eigenvalue weighted by atomic mass is 10.0. The molecule has 0 saturated heterocycles. The summed E-state index contributed by atoms with van der Waals surface area (Å²) in [6, 6.07) is 11.6. The summed E-state index contributed by atoms with van der Waals surface area (Å²) >= 11 is 5.91. The first-order valence-corrected chi connectivity index (χ1v) is 9.46. The normalized spacial score (nSPS) is 12.6. The molecule has 0 fully saturated rings. The largest absolute Gasteiger partial charge is 0.478 e. The lowest BCUT2D eigenvalue weighted by molar-refractivity contribution is 0.0639. The Bertz CT molecular complexity index is 1240. The standard InChI is InChI=1S/C22H14ClN3O5/c23-14-4-6-16(22(30)31)18(9-14)25-19(27)13-3-5-15-17(8-13)21(29)26(20(15)28)11-12-2-1-7-24-10-12/h1-10H,11H2,(H,25,27)(H,30,31). The Balaban J connectivity index is 1.60. The molecule has 154 valence electrons. The Morgan fingerprint density at radius 3 is 2.52 bits per heavy atom. The minimum absolute atomic E-state index is 0.0195. The van der Waals surface area contributed by atoms with E-state index < -0.39 is 23.7 Å². The maximum Gasteiger partial charge on any atom is 0.337 e. The van der Waals surface area contributed by atoms with Gasteiger partial charge in [0.1, 0.15) is 0 Å². The van der Waals surface area contributed by atoms with Gasteiger partial charge in [-0.15, -0.1) is 0 Å². The number of aromatic carboxylic acids is 1. The van der Waals surface area contributed by atoms with Crippen molar-refractivity contribution in [2.45, 2.75) is 6.54 Å². The molecule has 2 heterocycles. The first kappa shape index (κ1) is 20.2. The van der Waals surface area contributed by atoms with E-state index in [0.717, 1.165) is 4.90 Å². The number of nitrogens with one attached hydrogen (secondary N) is 1. The number of imide groups is 1. The van der Waals surface area contributed by atoms with Crippen molar-refractivity contribution in [3.63, 3.8) is 0 Å². The molecule has 2 N–H and O–H groups in total. The van der Waals surface area contributed by atoms with Crippen molar-refractivity contribution < 1.29 is 24.3 Å². The van der Waals surface area contributed by atoms with Gasteiger partial charge in [0.15, 0.2) is 0 Å². The van der Waals surface area contributed by atoms with E-state index >= 15 is 0 Å². The van der Waals surface area contributed by atoms with E-state index in [1.54, 1.807) is 24.5 Å². The summed E-state index contributed by atoms with van der Waals surface area (Å²) < 4.78 is 0. The third-order valence-electron chi connectivity index (χ3n) is 4.76. The summed E-state index contributed by atoms with van der Waals surface area (Å²) in [6.45, 7) is 0.0617. The summed E-state index contributed by atoms with van der Waals surface area (Å²) in [7, 11) is 0. The highest BCUT2D eigenvalue weighted by atomic mass is 35.5. The van der Waals surface area contributed by atoms with Crippen molar-refractivity contribution in [1.82, 2.24) is 9.88 Å². The second kappa shape index (κ2) is 8.00. The summed E-state index contributed by atoms with van der Waals surface area (Å²) in [5, 5.41) is 12.0. The summed E-state index contributed by atoms with van der Waals surface area (Å²) in [5.74, 6) is -2.85. The number of halogens is 1. The van der Waals surface area contributed by atoms with Gasteiger partial charge in [-0.1, -0.05) is 17.7 Å². The first-order valence-electron chi connectivity index (χ1n) is 9.08. The average Bonchev–Trinajstić information content (AvgIpc) is 2.98. The Labute approximate surface area is 181 Å². The van der Waals surface area contributed by atoms with Crippen LogP contribution in [-0.4, -0.2) is 38.7 Å². The second-order valence-corrected chi connectivity index (χ2v) is 7.20. The quantitative estimate of drug-likeness (QED) is 0.592. The molecule has 0 atom stereocenters. The van der Waals surface area contributed by atoms with Crippen LogP contribution in [0.15, 0.2) is 60.9 Å². The van der Waals surface area contributed by atoms with Crippen LogP contribution in [0.25, 0.3) is 0 Å². The molecule has 31 heavy (non-hydrogen) atoms. The maximum absolute atomic E-state index is 12.8. The minimum Gasteiger partial charge on any atom is -0.478 e. The molecule has 4 rings (SSSR count). The highest BCUT2D eigenvalue weighted by molar-refractivity contribution is 6.31. The van der Waals surface area contributed by atoms with Crippen LogP contribution < -0.4 is 5.32 Å². The molecule has 9 heteroatoms. The highest BCUT2D eigenvalue weighted by Gasteiger charge is 2.36. The van der Waals surface area contributed by atoms with Gasteiger partial charge in [-0.2, -0.15) is 0 Å². The van der Waals surface area contributed by atoms with Gasteiger partial charge in [0, 0.05) is 23.0 Å². The summed E-state index contributed by atoms with van der Waals surface area (Å²) in [4.78, 5) is 54.6. The minimum atomic E-state index is -1.23. The number of amides is 3. The molecule has 0 spiro atoms. The van der Waals surface area contributed by atoms with Crippen molar-refractivity contribution >= 4 is 41.0 Å². The topological polar surface area (TPSA) is 117 Å². The molecule has 2 aromatic carbocycles. The Hall–Kier alpha value is -4.04. The Morgan fingerprint density at radius 1 is 1.03 bits per heavy atom. The van der Waals surface area contributed by atoms with Crippen LogP contribution in [0.5, 0.6) is 0 Å². The fourth-order valence-corrected chi connectivity index (χ4v) is 3.42. The molecule has 0 aliphatic carbocycles. The molecule has 0 radical (unpaired) electrons. The van der Waals surface area contributed by atoms with Gasteiger partial charge >= 0.3 is 5.97 Å². The van der Waals surface area contributed by atoms with E-state index in [9.17, 15) is 24.3 Å². The van der Waals surface area contributed by atoms with Crippen LogP contribution in [0, 0.1) is 0 Å². The molecule has 0 saturated carbocycles. The number of rotatable bonds is 5. The fourth-order valence-electron chi connectivity index (χ4n) is 3.25. The van der Waals surface area contributed by atoms with Gasteiger partial charge in [-0.3, -0.25) is 24.3 Å². The number of carbonyl (C=O) groups excluding carboxylic acids is 3. The van der Waals surface area contributed by atoms with Crippen molar-refractivity contribution in [3.05, 3.63) is 93.8 Å². The number of fused-ring (bicyclic) bond motifs is 1. The lowest BCUT2D eigenvalue weighted by Crippen LogP contribution is -2.29. The van der Waals surface area contributed by atoms with Crippen LogP contribution in [0.4, 0.5) is 5.69 Å². The van der Waals surface area contributed by atoms with Crippen molar-refractivity contribution in [3.8, 4) is 0 Å². The summed E-state index contributed by atoms with van der Waals surface area (Å²) in [5.41, 5.74) is 0.973. The smallest absolute Gasteiger partial charge is 0.337 e. The molecule has 3 amide bonds. The molecule has 1 aliphatic rings. The van der Waals surface area contributed by atoms with Crippen molar-refractivity contribution in [2.75, 3.05) is 5.32 Å². The lowest BCUT2D eigenvalue weighted by Gasteiger charge is -2.13. The van der Waals surface area contributed by atoms with E-state index in [0.29, 0.717) is 5.56 Å². The molecule has 3 aromatic rings. The first-order chi connectivity index (χ1) is 14.8. The van der Waals surface area contributed by atoms with E-state index in [4.69, 9.17) is 11.6 Å². The zero-order chi connectivity index (χ0) is 22.1. The van der Waals surface area contributed by atoms with Crippen LogP contribution in [0.3, 0.4) is 0 Å². The Morgan fingerprint density at radius 2 is 1.81 bits per heavy atom. The van der Waals surface area contributed by atoms with Gasteiger partial charge in [-0.25, -0.2) is 4.79 Å². The van der Waals surface area contributed by atoms with Crippen LogP contribution in [0.1, 0.15) is 47.0 Å². The Kier molecular flexibility index (Phi) is 5.22. The van der Waals surface area contributed by atoms with Gasteiger partial charge in [-0.05, 0) is 48.0 Å². The number of aromatic nitrogens is 1. The van der Waals surface area contributed by atoms with Gasteiger partial charge in [0.2, 0.25) is 0 Å². The number of benzene rings is 2. The van der Waals surface area contributed by atoms with Crippen LogP contribution >= 0.6 is 11.6 Å². The zero-order valence-electron chi connectivity index (χ0n) is 15.8. The molecule has 1 aliphatic heterocycles. The summed E-state index contributed by atoms with van der Waals surface area (Å²) in [6.07, 6.45) is 3.15.